The first-order chi connectivity index (χ1) is 14.9. The van der Waals surface area contributed by atoms with E-state index in [0.29, 0.717) is 5.56 Å². The van der Waals surface area contributed by atoms with Crippen molar-refractivity contribution in [1.29, 1.82) is 0 Å². The number of likely N-dealkylation sites (N-methyl/N-ethyl adjacent to an activating group) is 1. The fraction of sp³-hybridized carbons (Fsp3) is 0.619. The highest BCUT2D eigenvalue weighted by Crippen LogP contribution is 2.43. The van der Waals surface area contributed by atoms with Crippen molar-refractivity contribution in [2.45, 2.75) is 57.3 Å². The van der Waals surface area contributed by atoms with E-state index in [1.807, 2.05) is 0 Å². The molecule has 12 heteroatoms. The number of benzene rings is 1. The lowest BCUT2D eigenvalue weighted by Crippen LogP contribution is -2.62. The van der Waals surface area contributed by atoms with E-state index >= 15 is 0 Å². The molecule has 0 fully saturated rings. The van der Waals surface area contributed by atoms with Gasteiger partial charge in [-0.05, 0) is 29.5 Å². The molecule has 0 aliphatic carbocycles. The van der Waals surface area contributed by atoms with Crippen LogP contribution in [-0.2, 0) is 10.2 Å². The number of aliphatic hydroxyl groups excluding tert-OH is 2. The summed E-state index contributed by atoms with van der Waals surface area (Å²) < 4.78 is 38.6. The molecule has 3 atom stereocenters. The normalized spacial score (nSPS) is 16.0. The van der Waals surface area contributed by atoms with Crippen LogP contribution in [0.1, 0.15) is 39.2 Å². The van der Waals surface area contributed by atoms with Crippen molar-refractivity contribution in [3.05, 3.63) is 33.8 Å². The zero-order valence-corrected chi connectivity index (χ0v) is 20.2. The molecule has 1 rings (SSSR count). The van der Waals surface area contributed by atoms with E-state index in [1.54, 1.807) is 20.8 Å². The van der Waals surface area contributed by atoms with Crippen molar-refractivity contribution >= 4 is 35.2 Å². The van der Waals surface area contributed by atoms with Gasteiger partial charge in [-0.2, -0.15) is 13.2 Å². The predicted octanol–water partition coefficient (Wildman–Crippen LogP) is 4.07. The van der Waals surface area contributed by atoms with Crippen LogP contribution in [0.2, 0.25) is 10.0 Å². The number of carbonyl (C=O) groups excluding carboxylic acids is 1. The van der Waals surface area contributed by atoms with E-state index in [1.165, 1.54) is 18.2 Å². The molecular formula is C21H29Cl2F3N2O5. The Bertz CT molecular complexity index is 848. The molecule has 7 nitrogen and oxygen atoms in total. The third-order valence-electron chi connectivity index (χ3n) is 5.29. The SMILES string of the molecule is CN(CC(CC(O)CO)(c1ccc(Cl)c(Cl)c1)C(NC(=O)O)C(C)(C)C)C(=O)CC(F)(F)F. The molecule has 0 bridgehead atoms. The van der Waals surface area contributed by atoms with Crippen molar-refractivity contribution < 1.29 is 38.1 Å². The molecular weight excluding hydrogens is 488 g/mol. The second kappa shape index (κ2) is 11.1. The molecule has 0 spiro atoms. The van der Waals surface area contributed by atoms with Gasteiger partial charge in [0.05, 0.1) is 22.8 Å². The summed E-state index contributed by atoms with van der Waals surface area (Å²) in [6, 6.07) is 3.31. The Morgan fingerprint density at radius 3 is 2.15 bits per heavy atom. The number of carboxylic acid groups (broad SMARTS) is 1. The van der Waals surface area contributed by atoms with Gasteiger partial charge in [-0.25, -0.2) is 4.79 Å². The number of hydrogen-bond acceptors (Lipinski definition) is 4. The highest BCUT2D eigenvalue weighted by molar-refractivity contribution is 6.42. The van der Waals surface area contributed by atoms with Gasteiger partial charge >= 0.3 is 12.3 Å². The smallest absolute Gasteiger partial charge is 0.404 e. The number of rotatable bonds is 9. The molecule has 1 aromatic rings. The lowest BCUT2D eigenvalue weighted by atomic mass is 9.62. The first-order valence-corrected chi connectivity index (χ1v) is 10.7. The Morgan fingerprint density at radius 2 is 1.73 bits per heavy atom. The van der Waals surface area contributed by atoms with Gasteiger partial charge in [-0.1, -0.05) is 50.0 Å². The van der Waals surface area contributed by atoms with Crippen LogP contribution in [0, 0.1) is 5.41 Å². The first-order valence-electron chi connectivity index (χ1n) is 9.97. The molecule has 2 amide bonds. The van der Waals surface area contributed by atoms with Crippen LogP contribution < -0.4 is 5.32 Å². The third kappa shape index (κ3) is 8.20. The van der Waals surface area contributed by atoms with Crippen molar-refractivity contribution in [3.8, 4) is 0 Å². The summed E-state index contributed by atoms with van der Waals surface area (Å²) in [6.07, 6.45) is -9.55. The summed E-state index contributed by atoms with van der Waals surface area (Å²) in [5.74, 6) is -1.24. The van der Waals surface area contributed by atoms with Gasteiger partial charge in [0.2, 0.25) is 5.91 Å². The maximum absolute atomic E-state index is 12.9. The summed E-state index contributed by atoms with van der Waals surface area (Å²) in [5, 5.41) is 32.2. The quantitative estimate of drug-likeness (QED) is 0.395. The minimum atomic E-state index is -4.75. The van der Waals surface area contributed by atoms with Crippen LogP contribution >= 0.6 is 23.2 Å². The van der Waals surface area contributed by atoms with Crippen LogP contribution in [0.25, 0.3) is 0 Å². The summed E-state index contributed by atoms with van der Waals surface area (Å²) in [5.41, 5.74) is -2.03. The highest BCUT2D eigenvalue weighted by Gasteiger charge is 2.49. The molecule has 0 saturated heterocycles. The number of aliphatic hydroxyl groups is 2. The molecule has 0 saturated carbocycles. The van der Waals surface area contributed by atoms with E-state index < -0.39 is 60.7 Å². The van der Waals surface area contributed by atoms with Crippen LogP contribution in [0.15, 0.2) is 18.2 Å². The summed E-state index contributed by atoms with van der Waals surface area (Å²) >= 11 is 12.2. The molecule has 0 radical (unpaired) electrons. The maximum atomic E-state index is 12.9. The highest BCUT2D eigenvalue weighted by atomic mass is 35.5. The standard InChI is InChI=1S/C21H29Cl2F3N2O5/c1-19(2,3)17(27-18(32)33)20(8-13(30)10-29,12-5-6-14(22)15(23)7-12)11-28(4)16(31)9-21(24,25)26/h5-7,13,17,27,29-30H,8-11H2,1-4H3,(H,32,33). The maximum Gasteiger partial charge on any atom is 0.404 e. The van der Waals surface area contributed by atoms with Gasteiger partial charge < -0.3 is 25.5 Å². The van der Waals surface area contributed by atoms with Gasteiger partial charge in [0, 0.05) is 25.0 Å². The second-order valence-electron chi connectivity index (χ2n) is 9.12. The second-order valence-corrected chi connectivity index (χ2v) is 9.93. The topological polar surface area (TPSA) is 110 Å². The van der Waals surface area contributed by atoms with Crippen molar-refractivity contribution in [1.82, 2.24) is 10.2 Å². The van der Waals surface area contributed by atoms with Gasteiger partial charge in [0.1, 0.15) is 6.42 Å². The van der Waals surface area contributed by atoms with E-state index in [-0.39, 0.29) is 16.5 Å². The van der Waals surface area contributed by atoms with Crippen molar-refractivity contribution in [2.75, 3.05) is 20.2 Å². The molecule has 0 aliphatic heterocycles. The van der Waals surface area contributed by atoms with E-state index in [9.17, 15) is 38.1 Å². The Balaban J connectivity index is 3.81. The minimum Gasteiger partial charge on any atom is -0.465 e. The molecule has 1 aromatic carbocycles. The number of nitrogens with zero attached hydrogens (tertiary/aromatic N) is 1. The summed E-state index contributed by atoms with van der Waals surface area (Å²) in [6.45, 7) is 3.97. The number of hydrogen-bond donors (Lipinski definition) is 4. The average Bonchev–Trinajstić information content (AvgIpc) is 2.65. The molecule has 0 aliphatic rings. The number of halogens is 5. The molecule has 3 unspecified atom stereocenters. The van der Waals surface area contributed by atoms with Crippen LogP contribution in [0.4, 0.5) is 18.0 Å². The van der Waals surface area contributed by atoms with E-state index in [0.717, 1.165) is 11.9 Å². The van der Waals surface area contributed by atoms with Crippen LogP contribution in [0.3, 0.4) is 0 Å². The molecule has 0 heterocycles. The van der Waals surface area contributed by atoms with Crippen LogP contribution in [-0.4, -0.2) is 70.7 Å². The first kappa shape index (κ1) is 29.3. The monoisotopic (exact) mass is 516 g/mol. The lowest BCUT2D eigenvalue weighted by Gasteiger charge is -2.49. The zero-order chi connectivity index (χ0) is 25.8. The largest absolute Gasteiger partial charge is 0.465 e. The number of amides is 2. The fourth-order valence-electron chi connectivity index (χ4n) is 4.07. The number of nitrogens with one attached hydrogen (secondary N) is 1. The zero-order valence-electron chi connectivity index (χ0n) is 18.7. The Hall–Kier alpha value is -1.75. The van der Waals surface area contributed by atoms with Crippen molar-refractivity contribution in [2.24, 2.45) is 5.41 Å². The van der Waals surface area contributed by atoms with Gasteiger partial charge in [0.25, 0.3) is 0 Å². The molecule has 33 heavy (non-hydrogen) atoms. The Kier molecular flexibility index (Phi) is 9.86. The average molecular weight is 517 g/mol. The predicted molar refractivity (Wildman–Crippen MR) is 119 cm³/mol. The van der Waals surface area contributed by atoms with Crippen molar-refractivity contribution in [3.63, 3.8) is 0 Å². The Morgan fingerprint density at radius 1 is 1.15 bits per heavy atom. The van der Waals surface area contributed by atoms with E-state index in [4.69, 9.17) is 23.2 Å². The van der Waals surface area contributed by atoms with E-state index in [2.05, 4.69) is 5.32 Å². The number of alkyl halides is 3. The molecule has 4 N–H and O–H groups in total. The van der Waals surface area contributed by atoms with Gasteiger partial charge in [-0.15, -0.1) is 0 Å². The molecule has 0 aromatic heterocycles. The third-order valence-corrected chi connectivity index (χ3v) is 6.03. The van der Waals surface area contributed by atoms with Gasteiger partial charge in [-0.3, -0.25) is 4.79 Å². The minimum absolute atomic E-state index is 0.0873. The Labute approximate surface area is 200 Å². The van der Waals surface area contributed by atoms with Gasteiger partial charge in [0.15, 0.2) is 0 Å². The summed E-state index contributed by atoms with van der Waals surface area (Å²) in [7, 11) is 1.16. The summed E-state index contributed by atoms with van der Waals surface area (Å²) in [4.78, 5) is 24.9. The van der Waals surface area contributed by atoms with Crippen LogP contribution in [0.5, 0.6) is 0 Å². The molecule has 188 valence electrons. The fourth-order valence-corrected chi connectivity index (χ4v) is 4.36. The lowest BCUT2D eigenvalue weighted by molar-refractivity contribution is -0.161. The number of carbonyl (C=O) groups is 2.